The van der Waals surface area contributed by atoms with E-state index in [4.69, 9.17) is 4.98 Å². The van der Waals surface area contributed by atoms with Gasteiger partial charge in [0.25, 0.3) is 0 Å². The van der Waals surface area contributed by atoms with E-state index in [1.807, 2.05) is 18.2 Å². The summed E-state index contributed by atoms with van der Waals surface area (Å²) >= 11 is 1.50. The molecule has 0 fully saturated rings. The van der Waals surface area contributed by atoms with Gasteiger partial charge in [0, 0.05) is 26.2 Å². The lowest BCUT2D eigenvalue weighted by Crippen LogP contribution is -2.22. The van der Waals surface area contributed by atoms with Crippen molar-refractivity contribution in [2.45, 2.75) is 49.0 Å². The number of hydrogen-bond acceptors (Lipinski definition) is 6. The fourth-order valence-electron chi connectivity index (χ4n) is 3.58. The third-order valence-electron chi connectivity index (χ3n) is 5.46. The number of rotatable bonds is 9. The summed E-state index contributed by atoms with van der Waals surface area (Å²) in [5.41, 5.74) is 3.88. The molecule has 2 aromatic carbocycles. The van der Waals surface area contributed by atoms with Crippen LogP contribution in [0.1, 0.15) is 31.7 Å². The van der Waals surface area contributed by atoms with Gasteiger partial charge in [-0.2, -0.15) is 0 Å². The molecule has 0 spiro atoms. The summed E-state index contributed by atoms with van der Waals surface area (Å²) in [6, 6.07) is 13.4. The number of aromatic nitrogens is 5. The first-order valence-electron chi connectivity index (χ1n) is 10.9. The van der Waals surface area contributed by atoms with Gasteiger partial charge in [0.15, 0.2) is 5.82 Å². The van der Waals surface area contributed by atoms with Crippen molar-refractivity contribution in [1.29, 1.82) is 0 Å². The number of aromatic amines is 1. The summed E-state index contributed by atoms with van der Waals surface area (Å²) in [4.78, 5) is 9.62. The SMILES string of the molecule is CCCn1c(CSc2n[nH]c(-c3ccc(CC)cc3)n2)nc2cc(S(=O)(=O)N(C)C)ccc21. The summed E-state index contributed by atoms with van der Waals surface area (Å²) in [6.07, 6.45) is 1.94. The number of nitrogens with one attached hydrogen (secondary N) is 1. The van der Waals surface area contributed by atoms with E-state index >= 15 is 0 Å². The number of fused-ring (bicyclic) bond motifs is 1. The van der Waals surface area contributed by atoms with Gasteiger partial charge < -0.3 is 4.57 Å². The van der Waals surface area contributed by atoms with Gasteiger partial charge in [0.1, 0.15) is 5.82 Å². The van der Waals surface area contributed by atoms with Crippen LogP contribution in [-0.4, -0.2) is 51.6 Å². The van der Waals surface area contributed by atoms with Crippen LogP contribution in [0, 0.1) is 0 Å². The number of H-pyrrole nitrogens is 1. The van der Waals surface area contributed by atoms with Crippen molar-refractivity contribution in [3.8, 4) is 11.4 Å². The number of sulfonamides is 1. The Morgan fingerprint density at radius 3 is 2.48 bits per heavy atom. The molecule has 8 nitrogen and oxygen atoms in total. The Morgan fingerprint density at radius 2 is 1.82 bits per heavy atom. The van der Waals surface area contributed by atoms with Crippen molar-refractivity contribution in [3.05, 3.63) is 53.9 Å². The number of thioether (sulfide) groups is 1. The second-order valence-electron chi connectivity index (χ2n) is 7.92. The zero-order valence-electron chi connectivity index (χ0n) is 19.2. The molecule has 2 heterocycles. The zero-order valence-corrected chi connectivity index (χ0v) is 20.9. The van der Waals surface area contributed by atoms with Crippen molar-refractivity contribution in [2.24, 2.45) is 0 Å². The lowest BCUT2D eigenvalue weighted by atomic mass is 10.1. The zero-order chi connectivity index (χ0) is 23.6. The summed E-state index contributed by atoms with van der Waals surface area (Å²) < 4.78 is 28.4. The Hall–Kier alpha value is -2.69. The van der Waals surface area contributed by atoms with Gasteiger partial charge in [-0.1, -0.05) is 49.9 Å². The first-order chi connectivity index (χ1) is 15.8. The van der Waals surface area contributed by atoms with Crippen LogP contribution in [0.2, 0.25) is 0 Å². The van der Waals surface area contributed by atoms with Crippen LogP contribution in [0.5, 0.6) is 0 Å². The Balaban J connectivity index is 1.58. The molecule has 0 radical (unpaired) electrons. The molecule has 0 atom stereocenters. The maximum atomic E-state index is 12.5. The minimum absolute atomic E-state index is 0.244. The minimum Gasteiger partial charge on any atom is -0.327 e. The molecule has 33 heavy (non-hydrogen) atoms. The Kier molecular flexibility index (Phi) is 6.87. The normalized spacial score (nSPS) is 12.2. The summed E-state index contributed by atoms with van der Waals surface area (Å²) in [5, 5.41) is 8.02. The monoisotopic (exact) mass is 484 g/mol. The highest BCUT2D eigenvalue weighted by molar-refractivity contribution is 7.98. The number of benzene rings is 2. The molecule has 0 aliphatic rings. The van der Waals surface area contributed by atoms with Crippen LogP contribution >= 0.6 is 11.8 Å². The third-order valence-corrected chi connectivity index (χ3v) is 8.11. The first-order valence-corrected chi connectivity index (χ1v) is 13.3. The van der Waals surface area contributed by atoms with Gasteiger partial charge in [0.2, 0.25) is 15.2 Å². The van der Waals surface area contributed by atoms with E-state index in [9.17, 15) is 8.42 Å². The molecular formula is C23H28N6O2S2. The van der Waals surface area contributed by atoms with Gasteiger partial charge in [-0.15, -0.1) is 5.10 Å². The summed E-state index contributed by atoms with van der Waals surface area (Å²) in [5.74, 6) is 2.19. The van der Waals surface area contributed by atoms with E-state index in [0.29, 0.717) is 16.4 Å². The van der Waals surface area contributed by atoms with Gasteiger partial charge in [-0.3, -0.25) is 5.10 Å². The molecule has 4 rings (SSSR count). The highest BCUT2D eigenvalue weighted by Gasteiger charge is 2.20. The van der Waals surface area contributed by atoms with E-state index in [2.05, 4.69) is 45.7 Å². The lowest BCUT2D eigenvalue weighted by Gasteiger charge is -2.11. The second kappa shape index (κ2) is 9.66. The highest BCUT2D eigenvalue weighted by Crippen LogP contribution is 2.27. The van der Waals surface area contributed by atoms with Crippen molar-refractivity contribution in [3.63, 3.8) is 0 Å². The van der Waals surface area contributed by atoms with Crippen molar-refractivity contribution < 1.29 is 8.42 Å². The predicted octanol–water partition coefficient (Wildman–Crippen LogP) is 4.34. The standard InChI is InChI=1S/C23H28N6O2S2/c1-5-13-29-20-12-11-18(33(30,31)28(3)4)14-19(20)24-21(29)15-32-23-25-22(26-27-23)17-9-7-16(6-2)8-10-17/h7-12,14H,5-6,13,15H2,1-4H3,(H,25,26,27). The molecule has 10 heteroatoms. The molecular weight excluding hydrogens is 456 g/mol. The van der Waals surface area contributed by atoms with Gasteiger partial charge in [0.05, 0.1) is 21.7 Å². The molecule has 0 aliphatic heterocycles. The van der Waals surface area contributed by atoms with Crippen LogP contribution < -0.4 is 0 Å². The fraction of sp³-hybridized carbons (Fsp3) is 0.348. The number of nitrogens with zero attached hydrogens (tertiary/aromatic N) is 5. The molecule has 0 unspecified atom stereocenters. The molecule has 174 valence electrons. The minimum atomic E-state index is -3.51. The van der Waals surface area contributed by atoms with E-state index < -0.39 is 10.0 Å². The third kappa shape index (κ3) is 4.83. The van der Waals surface area contributed by atoms with Crippen molar-refractivity contribution >= 4 is 32.8 Å². The Morgan fingerprint density at radius 1 is 1.06 bits per heavy atom. The Bertz CT molecular complexity index is 1360. The molecule has 0 amide bonds. The molecule has 0 aliphatic carbocycles. The molecule has 2 aromatic heterocycles. The molecule has 0 saturated carbocycles. The average Bonchev–Trinajstić information content (AvgIpc) is 3.42. The van der Waals surface area contributed by atoms with Gasteiger partial charge >= 0.3 is 0 Å². The maximum absolute atomic E-state index is 12.5. The van der Waals surface area contributed by atoms with E-state index in [1.54, 1.807) is 12.1 Å². The smallest absolute Gasteiger partial charge is 0.242 e. The van der Waals surface area contributed by atoms with E-state index in [-0.39, 0.29) is 4.90 Å². The largest absolute Gasteiger partial charge is 0.327 e. The number of aryl methyl sites for hydroxylation is 2. The van der Waals surface area contributed by atoms with Crippen LogP contribution in [0.4, 0.5) is 0 Å². The summed E-state index contributed by atoms with van der Waals surface area (Å²) in [6.45, 7) is 5.04. The van der Waals surface area contributed by atoms with Crippen LogP contribution in [-0.2, 0) is 28.7 Å². The van der Waals surface area contributed by atoms with E-state index in [1.165, 1.54) is 35.7 Å². The Labute approximate surface area is 198 Å². The van der Waals surface area contributed by atoms with Crippen molar-refractivity contribution in [1.82, 2.24) is 29.0 Å². The van der Waals surface area contributed by atoms with Crippen LogP contribution in [0.3, 0.4) is 0 Å². The quantitative estimate of drug-likeness (QED) is 0.355. The van der Waals surface area contributed by atoms with Gasteiger partial charge in [-0.05, 0) is 36.6 Å². The van der Waals surface area contributed by atoms with Crippen LogP contribution in [0.25, 0.3) is 22.4 Å². The second-order valence-corrected chi connectivity index (χ2v) is 11.0. The number of hydrogen-bond donors (Lipinski definition) is 1. The van der Waals surface area contributed by atoms with Crippen LogP contribution in [0.15, 0.2) is 52.5 Å². The molecule has 1 N–H and O–H groups in total. The predicted molar refractivity (Wildman–Crippen MR) is 132 cm³/mol. The van der Waals surface area contributed by atoms with Crippen molar-refractivity contribution in [2.75, 3.05) is 14.1 Å². The topological polar surface area (TPSA) is 96.8 Å². The first kappa shape index (κ1) is 23.5. The van der Waals surface area contributed by atoms with Gasteiger partial charge in [-0.25, -0.2) is 22.7 Å². The molecule has 4 aromatic rings. The molecule has 0 saturated heterocycles. The summed E-state index contributed by atoms with van der Waals surface area (Å²) in [7, 11) is -0.456. The van der Waals surface area contributed by atoms with E-state index in [0.717, 1.165) is 42.1 Å². The lowest BCUT2D eigenvalue weighted by molar-refractivity contribution is 0.521. The maximum Gasteiger partial charge on any atom is 0.242 e. The average molecular weight is 485 g/mol. The molecule has 0 bridgehead atoms. The highest BCUT2D eigenvalue weighted by atomic mass is 32.2. The fourth-order valence-corrected chi connectivity index (χ4v) is 5.25. The number of imidazole rings is 1.